The number of fused-ring (bicyclic) bond motifs is 1. The average molecular weight is 496 g/mol. The summed E-state index contributed by atoms with van der Waals surface area (Å²) >= 11 is 0. The monoisotopic (exact) mass is 495 g/mol. The zero-order valence-corrected chi connectivity index (χ0v) is 21.8. The van der Waals surface area contributed by atoms with Crippen molar-refractivity contribution in [3.8, 4) is 0 Å². The van der Waals surface area contributed by atoms with Crippen LogP contribution in [0.5, 0.6) is 0 Å². The Labute approximate surface area is 205 Å². The number of nitrogens with two attached hydrogens (primary N) is 1. The molecule has 3 N–H and O–H groups in total. The molecule has 0 radical (unpaired) electrons. The lowest BCUT2D eigenvalue weighted by molar-refractivity contribution is -0.0285. The largest absolute Gasteiger partial charge is 0.408 e. The number of hydrogen-bond acceptors (Lipinski definition) is 8. The van der Waals surface area contributed by atoms with Gasteiger partial charge in [-0.25, -0.2) is 15.0 Å². The van der Waals surface area contributed by atoms with E-state index in [0.29, 0.717) is 23.5 Å². The molecule has 0 unspecified atom stereocenters. The Hall–Kier alpha value is -3.02. The Morgan fingerprint density at radius 2 is 1.97 bits per heavy atom. The van der Waals surface area contributed by atoms with E-state index in [4.69, 9.17) is 20.4 Å². The summed E-state index contributed by atoms with van der Waals surface area (Å²) < 4.78 is 15.3. The number of nitrogens with zero attached hydrogens (tertiary/aromatic N) is 7. The lowest BCUT2D eigenvalue weighted by Crippen LogP contribution is -2.52. The molecule has 0 saturated carbocycles. The van der Waals surface area contributed by atoms with Gasteiger partial charge in [-0.1, -0.05) is 56.2 Å². The number of rotatable bonds is 8. The molecule has 0 aliphatic carbocycles. The maximum absolute atomic E-state index is 9.01. The molecule has 0 amide bonds. The highest BCUT2D eigenvalue weighted by atomic mass is 28.4. The first-order valence-corrected chi connectivity index (χ1v) is 14.6. The minimum atomic E-state index is -2.23. The fraction of sp³-hybridized carbons (Fsp3) is 0.522. The summed E-state index contributed by atoms with van der Waals surface area (Å²) in [7, 11) is -2.23. The van der Waals surface area contributed by atoms with Crippen molar-refractivity contribution in [3.63, 3.8) is 0 Å². The van der Waals surface area contributed by atoms with Crippen LogP contribution in [0, 0.1) is 0 Å². The van der Waals surface area contributed by atoms with Crippen LogP contribution in [-0.4, -0.2) is 52.6 Å². The van der Waals surface area contributed by atoms with Crippen molar-refractivity contribution in [2.24, 2.45) is 5.11 Å². The summed E-state index contributed by atoms with van der Waals surface area (Å²) in [5, 5.41) is 7.44. The van der Waals surface area contributed by atoms with E-state index in [9.17, 15) is 0 Å². The van der Waals surface area contributed by atoms with Crippen LogP contribution in [0.4, 0.5) is 5.82 Å². The SMILES string of the molecule is CC(C)(C)[Si](C)(C)O[C@@H]1[C@H](NCc2ccccc2)[C@@H](CN=[N+]=[N-])O[C@H]1n1cnc2c(N)ncnc21. The highest BCUT2D eigenvalue weighted by molar-refractivity contribution is 6.74. The summed E-state index contributed by atoms with van der Waals surface area (Å²) in [6, 6.07) is 9.90. The van der Waals surface area contributed by atoms with Gasteiger partial charge in [0.05, 0.1) is 25.0 Å². The summed E-state index contributed by atoms with van der Waals surface area (Å²) in [5.74, 6) is 0.304. The number of ether oxygens (including phenoxy) is 1. The number of nitrogens with one attached hydrogen (secondary N) is 1. The summed E-state index contributed by atoms with van der Waals surface area (Å²) in [6.07, 6.45) is 1.73. The van der Waals surface area contributed by atoms with E-state index in [1.807, 2.05) is 22.8 Å². The van der Waals surface area contributed by atoms with Gasteiger partial charge in [0.15, 0.2) is 26.0 Å². The molecular weight excluding hydrogens is 462 g/mol. The molecule has 2 aromatic heterocycles. The molecule has 35 heavy (non-hydrogen) atoms. The quantitative estimate of drug-likeness (QED) is 0.206. The van der Waals surface area contributed by atoms with Crippen molar-refractivity contribution in [2.45, 2.75) is 69.9 Å². The molecule has 1 saturated heterocycles. The Balaban J connectivity index is 1.75. The van der Waals surface area contributed by atoms with Crippen molar-refractivity contribution in [1.82, 2.24) is 24.8 Å². The van der Waals surface area contributed by atoms with Gasteiger partial charge in [-0.15, -0.1) is 0 Å². The number of azide groups is 1. The highest BCUT2D eigenvalue weighted by Gasteiger charge is 2.50. The van der Waals surface area contributed by atoms with Crippen LogP contribution in [-0.2, 0) is 15.7 Å². The predicted molar refractivity (Wildman–Crippen MR) is 137 cm³/mol. The third kappa shape index (κ3) is 5.16. The Bertz CT molecular complexity index is 1200. The van der Waals surface area contributed by atoms with E-state index in [-0.39, 0.29) is 23.7 Å². The van der Waals surface area contributed by atoms with E-state index in [1.54, 1.807) is 6.33 Å². The molecule has 0 spiro atoms. The zero-order chi connectivity index (χ0) is 25.2. The van der Waals surface area contributed by atoms with Gasteiger partial charge in [-0.3, -0.25) is 4.57 Å². The number of hydrogen-bond donors (Lipinski definition) is 2. The summed E-state index contributed by atoms with van der Waals surface area (Å²) in [5.41, 5.74) is 17.3. The number of imidazole rings is 1. The Morgan fingerprint density at radius 1 is 1.23 bits per heavy atom. The zero-order valence-electron chi connectivity index (χ0n) is 20.8. The minimum absolute atomic E-state index is 0.0198. The van der Waals surface area contributed by atoms with Gasteiger partial charge < -0.3 is 20.2 Å². The van der Waals surface area contributed by atoms with E-state index in [2.05, 4.69) is 76.3 Å². The number of aromatic nitrogens is 4. The van der Waals surface area contributed by atoms with E-state index in [1.165, 1.54) is 6.33 Å². The number of benzene rings is 1. The first-order chi connectivity index (χ1) is 16.6. The van der Waals surface area contributed by atoms with E-state index in [0.717, 1.165) is 5.56 Å². The normalized spacial score (nSPS) is 22.9. The smallest absolute Gasteiger partial charge is 0.192 e. The van der Waals surface area contributed by atoms with Crippen LogP contribution in [0.25, 0.3) is 21.6 Å². The van der Waals surface area contributed by atoms with E-state index >= 15 is 0 Å². The molecule has 3 aromatic rings. The van der Waals surface area contributed by atoms with Crippen LogP contribution >= 0.6 is 0 Å². The lowest BCUT2D eigenvalue weighted by Gasteiger charge is -2.41. The molecule has 11 nitrogen and oxygen atoms in total. The maximum Gasteiger partial charge on any atom is 0.192 e. The first kappa shape index (κ1) is 25.1. The van der Waals surface area contributed by atoms with Crippen molar-refractivity contribution in [3.05, 3.63) is 59.0 Å². The van der Waals surface area contributed by atoms with Crippen molar-refractivity contribution >= 4 is 25.3 Å². The van der Waals surface area contributed by atoms with Crippen LogP contribution in [0.2, 0.25) is 18.1 Å². The first-order valence-electron chi connectivity index (χ1n) is 11.7. The minimum Gasteiger partial charge on any atom is -0.408 e. The molecule has 1 fully saturated rings. The maximum atomic E-state index is 9.01. The van der Waals surface area contributed by atoms with Crippen molar-refractivity contribution < 1.29 is 9.16 Å². The van der Waals surface area contributed by atoms with Gasteiger partial charge in [-0.05, 0) is 29.2 Å². The fourth-order valence-electron chi connectivity index (χ4n) is 4.01. The number of anilines is 1. The standard InChI is InChI=1S/C23H33N9O2Si/c1-23(2,3)35(4,5)34-19-17(26-11-15-9-7-6-8-10-15)16(12-30-31-25)33-22(19)32-14-29-18-20(24)27-13-28-21(18)32/h6-10,13-14,16-17,19,22,26H,11-12H2,1-5H3,(H2,24,27,28)/t16-,17-,19-,22-/m1/s1. The second-order valence-electron chi connectivity index (χ2n) is 10.3. The second kappa shape index (κ2) is 9.92. The molecular formula is C23H33N9O2Si. The molecule has 3 heterocycles. The topological polar surface area (TPSA) is 149 Å². The van der Waals surface area contributed by atoms with Gasteiger partial charge in [0.25, 0.3) is 0 Å². The van der Waals surface area contributed by atoms with Crippen molar-refractivity contribution in [2.75, 3.05) is 12.3 Å². The van der Waals surface area contributed by atoms with Gasteiger partial charge in [0, 0.05) is 11.5 Å². The summed E-state index contributed by atoms with van der Waals surface area (Å²) in [6.45, 7) is 11.8. The fourth-order valence-corrected chi connectivity index (χ4v) is 5.31. The molecule has 1 aliphatic rings. The third-order valence-corrected chi connectivity index (χ3v) is 11.4. The van der Waals surface area contributed by atoms with E-state index < -0.39 is 20.6 Å². The molecule has 1 aromatic carbocycles. The lowest BCUT2D eigenvalue weighted by atomic mass is 10.1. The molecule has 4 atom stereocenters. The molecule has 186 valence electrons. The molecule has 0 bridgehead atoms. The van der Waals surface area contributed by atoms with Crippen molar-refractivity contribution in [1.29, 1.82) is 0 Å². The van der Waals surface area contributed by atoms with Gasteiger partial charge in [0.1, 0.15) is 17.9 Å². The van der Waals surface area contributed by atoms with Gasteiger partial charge >= 0.3 is 0 Å². The Kier molecular flexibility index (Phi) is 7.11. The van der Waals surface area contributed by atoms with Crippen LogP contribution in [0.3, 0.4) is 0 Å². The molecule has 4 rings (SSSR count). The Morgan fingerprint density at radius 3 is 2.66 bits per heavy atom. The average Bonchev–Trinajstić information content (AvgIpc) is 3.38. The molecule has 12 heteroatoms. The predicted octanol–water partition coefficient (Wildman–Crippen LogP) is 4.17. The molecule has 1 aliphatic heterocycles. The van der Waals surface area contributed by atoms with Gasteiger partial charge in [0.2, 0.25) is 0 Å². The second-order valence-corrected chi connectivity index (χ2v) is 15.1. The van der Waals surface area contributed by atoms with Gasteiger partial charge in [-0.2, -0.15) is 0 Å². The number of nitrogen functional groups attached to an aromatic ring is 1. The summed E-state index contributed by atoms with van der Waals surface area (Å²) in [4.78, 5) is 15.9. The highest BCUT2D eigenvalue weighted by Crippen LogP contribution is 2.42. The van der Waals surface area contributed by atoms with Crippen LogP contribution in [0.15, 0.2) is 48.1 Å². The van der Waals surface area contributed by atoms with Crippen LogP contribution < -0.4 is 11.1 Å². The third-order valence-electron chi connectivity index (χ3n) is 6.96. The van der Waals surface area contributed by atoms with Crippen LogP contribution in [0.1, 0.15) is 32.6 Å².